The number of benzene rings is 2. The maximum absolute atomic E-state index is 14.0. The van der Waals surface area contributed by atoms with Gasteiger partial charge in [-0.15, -0.1) is 0 Å². The molecule has 1 saturated heterocycles. The lowest BCUT2D eigenvalue weighted by Gasteiger charge is -2.22. The molecule has 1 fully saturated rings. The lowest BCUT2D eigenvalue weighted by molar-refractivity contribution is -0.138. The van der Waals surface area contributed by atoms with Crippen LogP contribution in [0, 0.1) is 18.8 Å². The number of carbonyl (C=O) groups excluding carboxylic acids is 2. The van der Waals surface area contributed by atoms with E-state index < -0.39 is 17.6 Å². The van der Waals surface area contributed by atoms with Crippen molar-refractivity contribution in [2.24, 2.45) is 12.8 Å². The Labute approximate surface area is 231 Å². The third kappa shape index (κ3) is 6.61. The molecule has 2 N–H and O–H groups in total. The van der Waals surface area contributed by atoms with Crippen LogP contribution < -0.4 is 5.73 Å². The molecule has 3 aromatic rings. The molecule has 1 aliphatic heterocycles. The average molecular weight is 552 g/mol. The number of ketones is 1. The number of aromatic nitrogens is 2. The summed E-state index contributed by atoms with van der Waals surface area (Å²) in [6, 6.07) is 9.54. The van der Waals surface area contributed by atoms with E-state index >= 15 is 0 Å². The van der Waals surface area contributed by atoms with Crippen LogP contribution in [0.15, 0.2) is 42.6 Å². The highest BCUT2D eigenvalue weighted by Crippen LogP contribution is 2.34. The predicted molar refractivity (Wildman–Crippen MR) is 146 cm³/mol. The summed E-state index contributed by atoms with van der Waals surface area (Å²) in [7, 11) is 5.58. The van der Waals surface area contributed by atoms with E-state index in [0.29, 0.717) is 28.4 Å². The van der Waals surface area contributed by atoms with Crippen molar-refractivity contribution in [1.29, 1.82) is 0 Å². The molecular weight excluding hydrogens is 519 g/mol. The highest BCUT2D eigenvalue weighted by molar-refractivity contribution is 5.98. The van der Waals surface area contributed by atoms with E-state index in [0.717, 1.165) is 31.1 Å². The van der Waals surface area contributed by atoms with Gasteiger partial charge in [0.2, 0.25) is 0 Å². The summed E-state index contributed by atoms with van der Waals surface area (Å²) < 4.78 is 43.5. The summed E-state index contributed by atoms with van der Waals surface area (Å²) in [5.41, 5.74) is 7.33. The third-order valence-electron chi connectivity index (χ3n) is 7.31. The molecule has 2 heterocycles. The topological polar surface area (TPSA) is 84.5 Å². The SMILES string of the molecule is Cc1ccc(C(=O)Cc2ccc(CN3CC[C@@H](N(C)C)C3)c(C(F)(F)F)c2)cc1C#Cc1cnc(C(N)=O)n1C. The van der Waals surface area contributed by atoms with Crippen molar-refractivity contribution >= 4 is 11.7 Å². The Hall–Kier alpha value is -3.94. The molecule has 1 aromatic heterocycles. The van der Waals surface area contributed by atoms with Gasteiger partial charge < -0.3 is 15.2 Å². The first-order valence-electron chi connectivity index (χ1n) is 12.9. The normalized spacial score (nSPS) is 15.8. The van der Waals surface area contributed by atoms with Crippen LogP contribution in [0.3, 0.4) is 0 Å². The third-order valence-corrected chi connectivity index (χ3v) is 7.31. The maximum atomic E-state index is 14.0. The summed E-state index contributed by atoms with van der Waals surface area (Å²) in [6.45, 7) is 3.51. The number of hydrogen-bond acceptors (Lipinski definition) is 5. The average Bonchev–Trinajstić information content (AvgIpc) is 3.50. The van der Waals surface area contributed by atoms with E-state index in [1.54, 1.807) is 31.3 Å². The van der Waals surface area contributed by atoms with E-state index in [2.05, 4.69) is 21.7 Å². The molecule has 0 radical (unpaired) electrons. The predicted octanol–water partition coefficient (Wildman–Crippen LogP) is 3.81. The van der Waals surface area contributed by atoms with Crippen LogP contribution in [0.1, 0.15) is 60.9 Å². The molecule has 40 heavy (non-hydrogen) atoms. The largest absolute Gasteiger partial charge is 0.416 e. The quantitative estimate of drug-likeness (QED) is 0.357. The summed E-state index contributed by atoms with van der Waals surface area (Å²) in [4.78, 5) is 32.6. The molecule has 1 aliphatic rings. The van der Waals surface area contributed by atoms with E-state index in [1.165, 1.54) is 16.8 Å². The lowest BCUT2D eigenvalue weighted by atomic mass is 9.96. The summed E-state index contributed by atoms with van der Waals surface area (Å²) in [5.74, 6) is 5.01. The Morgan fingerprint density at radius 1 is 1.15 bits per heavy atom. The van der Waals surface area contributed by atoms with E-state index in [9.17, 15) is 22.8 Å². The van der Waals surface area contributed by atoms with Crippen molar-refractivity contribution in [3.05, 3.63) is 87.5 Å². The Morgan fingerprint density at radius 2 is 1.90 bits per heavy atom. The number of nitrogens with two attached hydrogens (primary N) is 1. The fraction of sp³-hybridized carbons (Fsp3) is 0.367. The first-order chi connectivity index (χ1) is 18.8. The zero-order valence-corrected chi connectivity index (χ0v) is 23.0. The molecule has 2 aromatic carbocycles. The molecule has 0 spiro atoms. The van der Waals surface area contributed by atoms with E-state index in [4.69, 9.17) is 5.73 Å². The van der Waals surface area contributed by atoms with Crippen LogP contribution in [0.25, 0.3) is 0 Å². The van der Waals surface area contributed by atoms with E-state index in [1.807, 2.05) is 25.9 Å². The van der Waals surface area contributed by atoms with Gasteiger partial charge in [-0.25, -0.2) is 4.98 Å². The van der Waals surface area contributed by atoms with Crippen LogP contribution >= 0.6 is 0 Å². The second kappa shape index (κ2) is 11.7. The van der Waals surface area contributed by atoms with Gasteiger partial charge in [0.05, 0.1) is 11.8 Å². The highest BCUT2D eigenvalue weighted by atomic mass is 19.4. The Bertz CT molecular complexity index is 1500. The van der Waals surface area contributed by atoms with Crippen molar-refractivity contribution in [1.82, 2.24) is 19.4 Å². The fourth-order valence-electron chi connectivity index (χ4n) is 4.86. The molecule has 0 bridgehead atoms. The van der Waals surface area contributed by atoms with Crippen molar-refractivity contribution in [2.75, 3.05) is 27.2 Å². The Balaban J connectivity index is 1.53. The number of primary amides is 1. The monoisotopic (exact) mass is 551 g/mol. The number of imidazole rings is 1. The number of likely N-dealkylation sites (tertiary alicyclic amines) is 1. The minimum atomic E-state index is -4.53. The van der Waals surface area contributed by atoms with Crippen molar-refractivity contribution in [3.63, 3.8) is 0 Å². The minimum Gasteiger partial charge on any atom is -0.363 e. The zero-order valence-electron chi connectivity index (χ0n) is 23.0. The van der Waals surface area contributed by atoms with Gasteiger partial charge >= 0.3 is 6.18 Å². The molecule has 0 aliphatic carbocycles. The molecule has 1 amide bonds. The molecule has 4 rings (SSSR count). The number of halogens is 3. The van der Waals surface area contributed by atoms with Gasteiger partial charge in [0.15, 0.2) is 11.6 Å². The number of rotatable bonds is 7. The van der Waals surface area contributed by atoms with Crippen LogP contribution in [-0.4, -0.2) is 64.3 Å². The second-order valence-corrected chi connectivity index (χ2v) is 10.4. The van der Waals surface area contributed by atoms with Gasteiger partial charge in [-0.3, -0.25) is 14.5 Å². The number of hydrogen-bond donors (Lipinski definition) is 1. The number of likely N-dealkylation sites (N-methyl/N-ethyl adjacent to an activating group) is 1. The Kier molecular flexibility index (Phi) is 8.47. The maximum Gasteiger partial charge on any atom is 0.416 e. The van der Waals surface area contributed by atoms with Crippen molar-refractivity contribution in [2.45, 2.75) is 38.5 Å². The highest BCUT2D eigenvalue weighted by Gasteiger charge is 2.35. The minimum absolute atomic E-state index is 0.0763. The number of carbonyl (C=O) groups is 2. The zero-order chi connectivity index (χ0) is 29.2. The van der Waals surface area contributed by atoms with Gasteiger partial charge in [-0.2, -0.15) is 13.2 Å². The number of Topliss-reactive ketones (excluding diaryl/α,β-unsaturated/α-hetero) is 1. The first-order valence-corrected chi connectivity index (χ1v) is 12.9. The standard InChI is InChI=1S/C30H32F3N5O2/c1-19-5-7-22(15-21(19)9-10-24-16-35-29(28(34)40)37(24)4)27(39)14-20-6-8-23(26(13-20)30(31,32)33)17-38-12-11-25(18-38)36(2)3/h5-8,13,15-16,25H,11-12,14,17-18H2,1-4H3,(H2,34,40)/t25-/m1/s1. The van der Waals surface area contributed by atoms with Gasteiger partial charge in [0.1, 0.15) is 5.69 Å². The van der Waals surface area contributed by atoms with Crippen LogP contribution in [-0.2, 0) is 26.2 Å². The van der Waals surface area contributed by atoms with Crippen LogP contribution in [0.5, 0.6) is 0 Å². The molecule has 0 saturated carbocycles. The van der Waals surface area contributed by atoms with Crippen molar-refractivity contribution < 1.29 is 22.8 Å². The second-order valence-electron chi connectivity index (χ2n) is 10.4. The molecule has 210 valence electrons. The molecule has 7 nitrogen and oxygen atoms in total. The summed E-state index contributed by atoms with van der Waals surface area (Å²) >= 11 is 0. The van der Waals surface area contributed by atoms with Gasteiger partial charge in [0.25, 0.3) is 5.91 Å². The van der Waals surface area contributed by atoms with Gasteiger partial charge in [-0.1, -0.05) is 30.2 Å². The summed E-state index contributed by atoms with van der Waals surface area (Å²) in [5, 5.41) is 0. The van der Waals surface area contributed by atoms with Crippen LogP contribution in [0.2, 0.25) is 0 Å². The lowest BCUT2D eigenvalue weighted by Crippen LogP contribution is -2.31. The van der Waals surface area contributed by atoms with Gasteiger partial charge in [-0.05, 0) is 62.2 Å². The number of alkyl halides is 3. The molecular formula is C30H32F3N5O2. The first kappa shape index (κ1) is 29.1. The number of aryl methyl sites for hydroxylation is 1. The van der Waals surface area contributed by atoms with Gasteiger partial charge in [0, 0.05) is 50.3 Å². The Morgan fingerprint density at radius 3 is 2.52 bits per heavy atom. The molecule has 10 heteroatoms. The molecule has 1 atom stereocenters. The van der Waals surface area contributed by atoms with E-state index in [-0.39, 0.29) is 30.1 Å². The van der Waals surface area contributed by atoms with Crippen LogP contribution in [0.4, 0.5) is 13.2 Å². The molecule has 0 unspecified atom stereocenters. The summed E-state index contributed by atoms with van der Waals surface area (Å²) in [6.07, 6.45) is -2.35. The number of nitrogens with zero attached hydrogens (tertiary/aromatic N) is 4. The van der Waals surface area contributed by atoms with Crippen molar-refractivity contribution in [3.8, 4) is 11.8 Å². The smallest absolute Gasteiger partial charge is 0.363 e. The fourth-order valence-corrected chi connectivity index (χ4v) is 4.86. The number of amides is 1.